The van der Waals surface area contributed by atoms with E-state index < -0.39 is 0 Å². The van der Waals surface area contributed by atoms with Gasteiger partial charge < -0.3 is 19.4 Å². The van der Waals surface area contributed by atoms with Gasteiger partial charge in [0.1, 0.15) is 6.26 Å². The van der Waals surface area contributed by atoms with Gasteiger partial charge in [-0.1, -0.05) is 19.9 Å². The highest BCUT2D eigenvalue weighted by atomic mass is 16.5. The Labute approximate surface area is 148 Å². The van der Waals surface area contributed by atoms with E-state index in [2.05, 4.69) is 24.1 Å². The molecule has 0 bridgehead atoms. The first kappa shape index (κ1) is 17.5. The maximum absolute atomic E-state index is 12.5. The van der Waals surface area contributed by atoms with Crippen molar-refractivity contribution >= 4 is 11.7 Å². The van der Waals surface area contributed by atoms with Crippen LogP contribution in [0.15, 0.2) is 41.1 Å². The summed E-state index contributed by atoms with van der Waals surface area (Å²) in [7, 11) is 0. The molecular formula is C19H25N3O3. The molecular weight excluding hydrogens is 318 g/mol. The highest BCUT2D eigenvalue weighted by Crippen LogP contribution is 2.22. The molecule has 1 aromatic carbocycles. The zero-order chi connectivity index (χ0) is 17.6. The van der Waals surface area contributed by atoms with E-state index in [1.807, 2.05) is 24.3 Å². The SMILES string of the molecule is CC(C)CCO[C@H]1CCN(C(=O)Nc2cccc(-c3ncco3)c2)C1. The van der Waals surface area contributed by atoms with E-state index in [4.69, 9.17) is 9.15 Å². The van der Waals surface area contributed by atoms with Crippen molar-refractivity contribution in [1.82, 2.24) is 9.88 Å². The minimum atomic E-state index is -0.0977. The standard InChI is InChI=1S/C19H25N3O3/c1-14(2)7-10-24-17-6-9-22(13-17)19(23)21-16-5-3-4-15(12-16)18-20-8-11-25-18/h3-5,8,11-12,14,17H,6-7,9-10,13H2,1-2H3,(H,21,23)/t17-/m0/s1. The molecule has 1 N–H and O–H groups in total. The molecule has 2 aromatic rings. The third-order valence-corrected chi connectivity index (χ3v) is 4.27. The van der Waals surface area contributed by atoms with Crippen LogP contribution in [0.2, 0.25) is 0 Å². The van der Waals surface area contributed by atoms with Gasteiger partial charge in [-0.25, -0.2) is 9.78 Å². The van der Waals surface area contributed by atoms with Gasteiger partial charge in [-0.15, -0.1) is 0 Å². The number of nitrogens with one attached hydrogen (secondary N) is 1. The molecule has 0 saturated carbocycles. The summed E-state index contributed by atoms with van der Waals surface area (Å²) in [6, 6.07) is 7.39. The lowest BCUT2D eigenvalue weighted by molar-refractivity contribution is 0.0547. The van der Waals surface area contributed by atoms with Crippen LogP contribution in [0.5, 0.6) is 0 Å². The monoisotopic (exact) mass is 343 g/mol. The van der Waals surface area contributed by atoms with Crippen LogP contribution in [0.4, 0.5) is 10.5 Å². The van der Waals surface area contributed by atoms with Crippen molar-refractivity contribution < 1.29 is 13.9 Å². The van der Waals surface area contributed by atoms with E-state index in [9.17, 15) is 4.79 Å². The van der Waals surface area contributed by atoms with Crippen LogP contribution in [0.1, 0.15) is 26.7 Å². The van der Waals surface area contributed by atoms with Gasteiger partial charge in [-0.2, -0.15) is 0 Å². The lowest BCUT2D eigenvalue weighted by Crippen LogP contribution is -2.34. The summed E-state index contributed by atoms with van der Waals surface area (Å²) in [5.74, 6) is 1.17. The summed E-state index contributed by atoms with van der Waals surface area (Å²) >= 11 is 0. The molecule has 0 unspecified atom stereocenters. The zero-order valence-electron chi connectivity index (χ0n) is 14.8. The Bertz CT molecular complexity index is 685. The van der Waals surface area contributed by atoms with Crippen LogP contribution in [-0.2, 0) is 4.74 Å². The number of benzene rings is 1. The van der Waals surface area contributed by atoms with E-state index in [1.165, 1.54) is 6.26 Å². The Hall–Kier alpha value is -2.34. The normalized spacial score (nSPS) is 17.2. The predicted octanol–water partition coefficient (Wildman–Crippen LogP) is 4.01. The van der Waals surface area contributed by atoms with Crippen LogP contribution in [0, 0.1) is 5.92 Å². The van der Waals surface area contributed by atoms with Crippen LogP contribution in [-0.4, -0.2) is 41.7 Å². The second kappa shape index (κ2) is 8.16. The molecule has 1 aliphatic heterocycles. The minimum Gasteiger partial charge on any atom is -0.445 e. The maximum Gasteiger partial charge on any atom is 0.321 e. The number of anilines is 1. The molecule has 3 rings (SSSR count). The molecule has 0 aliphatic carbocycles. The molecule has 134 valence electrons. The number of carbonyl (C=O) groups excluding carboxylic acids is 1. The molecule has 6 nitrogen and oxygen atoms in total. The van der Waals surface area contributed by atoms with Crippen LogP contribution in [0.25, 0.3) is 11.5 Å². The number of oxazole rings is 1. The Kier molecular flexibility index (Phi) is 5.71. The van der Waals surface area contributed by atoms with Crippen LogP contribution >= 0.6 is 0 Å². The smallest absolute Gasteiger partial charge is 0.321 e. The number of carbonyl (C=O) groups is 1. The van der Waals surface area contributed by atoms with Gasteiger partial charge in [0.2, 0.25) is 5.89 Å². The fraction of sp³-hybridized carbons (Fsp3) is 0.474. The van der Waals surface area contributed by atoms with E-state index in [-0.39, 0.29) is 12.1 Å². The van der Waals surface area contributed by atoms with Crippen molar-refractivity contribution in [3.05, 3.63) is 36.7 Å². The predicted molar refractivity (Wildman–Crippen MR) is 96.3 cm³/mol. The lowest BCUT2D eigenvalue weighted by Gasteiger charge is -2.18. The number of hydrogen-bond acceptors (Lipinski definition) is 4. The number of nitrogens with zero attached hydrogens (tertiary/aromatic N) is 2. The minimum absolute atomic E-state index is 0.0977. The zero-order valence-corrected chi connectivity index (χ0v) is 14.8. The summed E-state index contributed by atoms with van der Waals surface area (Å²) in [4.78, 5) is 18.4. The third-order valence-electron chi connectivity index (χ3n) is 4.27. The summed E-state index contributed by atoms with van der Waals surface area (Å²) in [6.45, 7) is 6.49. The molecule has 6 heteroatoms. The molecule has 2 amide bonds. The van der Waals surface area contributed by atoms with Gasteiger partial charge in [0, 0.05) is 30.9 Å². The Morgan fingerprint density at radius 2 is 2.36 bits per heavy atom. The topological polar surface area (TPSA) is 67.6 Å². The average Bonchev–Trinajstić information content (AvgIpc) is 3.27. The first-order valence-corrected chi connectivity index (χ1v) is 8.79. The van der Waals surface area contributed by atoms with Crippen molar-refractivity contribution in [2.45, 2.75) is 32.8 Å². The fourth-order valence-electron chi connectivity index (χ4n) is 2.82. The highest BCUT2D eigenvalue weighted by Gasteiger charge is 2.26. The average molecular weight is 343 g/mol. The number of likely N-dealkylation sites (tertiary alicyclic amines) is 1. The summed E-state index contributed by atoms with van der Waals surface area (Å²) < 4.78 is 11.2. The first-order valence-electron chi connectivity index (χ1n) is 8.79. The Morgan fingerprint density at radius 1 is 1.48 bits per heavy atom. The molecule has 0 spiro atoms. The quantitative estimate of drug-likeness (QED) is 0.860. The van der Waals surface area contributed by atoms with E-state index in [1.54, 1.807) is 11.1 Å². The number of amides is 2. The molecule has 1 aromatic heterocycles. The highest BCUT2D eigenvalue weighted by molar-refractivity contribution is 5.90. The van der Waals surface area contributed by atoms with Crippen molar-refractivity contribution in [1.29, 1.82) is 0 Å². The number of aromatic nitrogens is 1. The number of urea groups is 1. The Morgan fingerprint density at radius 3 is 3.12 bits per heavy atom. The fourth-order valence-corrected chi connectivity index (χ4v) is 2.82. The van der Waals surface area contributed by atoms with Crippen molar-refractivity contribution in [2.24, 2.45) is 5.92 Å². The first-order chi connectivity index (χ1) is 12.1. The molecule has 1 atom stereocenters. The van der Waals surface area contributed by atoms with E-state index in [0.717, 1.165) is 37.2 Å². The van der Waals surface area contributed by atoms with Gasteiger partial charge in [-0.05, 0) is 37.0 Å². The van der Waals surface area contributed by atoms with Crippen LogP contribution in [0.3, 0.4) is 0 Å². The third kappa shape index (κ3) is 4.82. The maximum atomic E-state index is 12.5. The van der Waals surface area contributed by atoms with Crippen molar-refractivity contribution in [3.8, 4) is 11.5 Å². The van der Waals surface area contributed by atoms with E-state index >= 15 is 0 Å². The van der Waals surface area contributed by atoms with Crippen molar-refractivity contribution in [2.75, 3.05) is 25.0 Å². The summed E-state index contributed by atoms with van der Waals surface area (Å²) in [5, 5.41) is 2.94. The van der Waals surface area contributed by atoms with E-state index in [0.29, 0.717) is 18.4 Å². The number of rotatable bonds is 6. The summed E-state index contributed by atoms with van der Waals surface area (Å²) in [5.41, 5.74) is 1.56. The molecule has 2 heterocycles. The summed E-state index contributed by atoms with van der Waals surface area (Å²) in [6.07, 6.45) is 5.22. The Balaban J connectivity index is 1.52. The van der Waals surface area contributed by atoms with Crippen molar-refractivity contribution in [3.63, 3.8) is 0 Å². The largest absolute Gasteiger partial charge is 0.445 e. The molecule has 1 aliphatic rings. The van der Waals surface area contributed by atoms with Gasteiger partial charge in [-0.3, -0.25) is 0 Å². The molecule has 1 fully saturated rings. The number of ether oxygens (including phenoxy) is 1. The second-order valence-electron chi connectivity index (χ2n) is 6.76. The lowest BCUT2D eigenvalue weighted by atomic mass is 10.1. The second-order valence-corrected chi connectivity index (χ2v) is 6.76. The van der Waals surface area contributed by atoms with Gasteiger partial charge in [0.05, 0.1) is 12.3 Å². The van der Waals surface area contributed by atoms with Gasteiger partial charge >= 0.3 is 6.03 Å². The van der Waals surface area contributed by atoms with Gasteiger partial charge in [0.25, 0.3) is 0 Å². The molecule has 25 heavy (non-hydrogen) atoms. The number of hydrogen-bond donors (Lipinski definition) is 1. The van der Waals surface area contributed by atoms with Gasteiger partial charge in [0.15, 0.2) is 0 Å². The molecule has 1 saturated heterocycles. The van der Waals surface area contributed by atoms with Crippen LogP contribution < -0.4 is 5.32 Å². The molecule has 0 radical (unpaired) electrons.